The molecule has 0 saturated carbocycles. The first-order valence-electron chi connectivity index (χ1n) is 9.52. The van der Waals surface area contributed by atoms with Gasteiger partial charge in [-0.15, -0.1) is 11.3 Å². The van der Waals surface area contributed by atoms with Crippen molar-refractivity contribution in [1.29, 1.82) is 0 Å². The molecule has 8 nitrogen and oxygen atoms in total. The first-order chi connectivity index (χ1) is 15.1. The fraction of sp³-hybridized carbons (Fsp3) is 0.182. The number of nitrogens with two attached hydrogens (primary N) is 1. The fourth-order valence-corrected chi connectivity index (χ4v) is 3.92. The maximum atomic E-state index is 12.5. The van der Waals surface area contributed by atoms with Gasteiger partial charge in [-0.25, -0.2) is 14.6 Å². The molecule has 0 fully saturated rings. The van der Waals surface area contributed by atoms with Gasteiger partial charge >= 0.3 is 0 Å². The highest BCUT2D eigenvalue weighted by Crippen LogP contribution is 2.31. The lowest BCUT2D eigenvalue weighted by Gasteiger charge is -2.16. The van der Waals surface area contributed by atoms with E-state index in [2.05, 4.69) is 15.1 Å². The van der Waals surface area contributed by atoms with Crippen molar-refractivity contribution in [3.63, 3.8) is 0 Å². The minimum absolute atomic E-state index is 0.356. The molecule has 2 N–H and O–H groups in total. The largest absolute Gasteiger partial charge is 0.493 e. The third-order valence-corrected chi connectivity index (χ3v) is 5.67. The lowest BCUT2D eigenvalue weighted by atomic mass is 9.94. The minimum atomic E-state index is -0.658. The van der Waals surface area contributed by atoms with Crippen LogP contribution < -0.4 is 15.2 Å². The normalized spacial score (nSPS) is 11.8. The molecule has 4 aromatic rings. The molecule has 9 heteroatoms. The molecule has 1 unspecified atom stereocenters. The van der Waals surface area contributed by atoms with Crippen molar-refractivity contribution in [2.45, 2.75) is 12.3 Å². The smallest absolute Gasteiger partial charge is 0.226 e. The maximum Gasteiger partial charge on any atom is 0.226 e. The van der Waals surface area contributed by atoms with Crippen LogP contribution in [0.1, 0.15) is 17.2 Å². The summed E-state index contributed by atoms with van der Waals surface area (Å²) < 4.78 is 12.3. The summed E-state index contributed by atoms with van der Waals surface area (Å²) in [6, 6.07) is 12.9. The standard InChI is InChI=1S/C22H21N5O3S/c1-29-17-7-6-14(12-18(17)30-2)11-15(21(23)28)16-13-20(27-9-4-8-24-27)26-22(25-16)19-5-3-10-31-19/h3-10,12-13,15H,11H2,1-2H3,(H2,23,28). The predicted molar refractivity (Wildman–Crippen MR) is 118 cm³/mol. The maximum absolute atomic E-state index is 12.5. The molecule has 0 aliphatic heterocycles. The number of benzene rings is 1. The molecule has 1 aromatic carbocycles. The highest BCUT2D eigenvalue weighted by atomic mass is 32.1. The summed E-state index contributed by atoms with van der Waals surface area (Å²) in [7, 11) is 3.15. The van der Waals surface area contributed by atoms with E-state index in [1.54, 1.807) is 43.4 Å². The van der Waals surface area contributed by atoms with Crippen molar-refractivity contribution < 1.29 is 14.3 Å². The van der Waals surface area contributed by atoms with Gasteiger partial charge < -0.3 is 15.2 Å². The number of methoxy groups -OCH3 is 2. The van der Waals surface area contributed by atoms with E-state index < -0.39 is 11.8 Å². The van der Waals surface area contributed by atoms with Gasteiger partial charge in [0.2, 0.25) is 5.91 Å². The Hall–Kier alpha value is -3.72. The molecule has 158 valence electrons. The molecular weight excluding hydrogens is 414 g/mol. The van der Waals surface area contributed by atoms with Gasteiger partial charge in [-0.1, -0.05) is 12.1 Å². The summed E-state index contributed by atoms with van der Waals surface area (Å²) in [5.41, 5.74) is 7.21. The topological polar surface area (TPSA) is 105 Å². The van der Waals surface area contributed by atoms with Crippen LogP contribution in [0.15, 0.2) is 60.2 Å². The van der Waals surface area contributed by atoms with Crippen LogP contribution in [0.25, 0.3) is 16.5 Å². The molecule has 1 amide bonds. The van der Waals surface area contributed by atoms with E-state index in [9.17, 15) is 4.79 Å². The Labute approximate surface area is 183 Å². The highest BCUT2D eigenvalue weighted by molar-refractivity contribution is 7.13. The Bertz CT molecular complexity index is 1120. The number of carbonyl (C=O) groups excluding carboxylic acids is 1. The van der Waals surface area contributed by atoms with Crippen molar-refractivity contribution in [2.75, 3.05) is 14.2 Å². The van der Waals surface area contributed by atoms with Gasteiger partial charge in [0.1, 0.15) is 0 Å². The van der Waals surface area contributed by atoms with Crippen molar-refractivity contribution in [3.8, 4) is 28.0 Å². The predicted octanol–water partition coefficient (Wildman–Crippen LogP) is 3.22. The number of carbonyl (C=O) groups is 1. The van der Waals surface area contributed by atoms with Crippen LogP contribution in [-0.2, 0) is 11.2 Å². The van der Waals surface area contributed by atoms with Gasteiger partial charge in [-0.05, 0) is 41.6 Å². The fourth-order valence-electron chi connectivity index (χ4n) is 3.26. The second-order valence-electron chi connectivity index (χ2n) is 6.75. The van der Waals surface area contributed by atoms with Crippen LogP contribution in [0.2, 0.25) is 0 Å². The van der Waals surface area contributed by atoms with Crippen molar-refractivity contribution in [3.05, 3.63) is 71.5 Å². The molecule has 0 aliphatic carbocycles. The molecular formula is C22H21N5O3S. The summed E-state index contributed by atoms with van der Waals surface area (Å²) in [4.78, 5) is 22.7. The van der Waals surface area contributed by atoms with Gasteiger partial charge in [0, 0.05) is 18.5 Å². The molecule has 1 atom stereocenters. The molecule has 0 saturated heterocycles. The number of hydrogen-bond acceptors (Lipinski definition) is 7. The lowest BCUT2D eigenvalue weighted by molar-refractivity contribution is -0.119. The first kappa shape index (κ1) is 20.5. The molecule has 0 bridgehead atoms. The van der Waals surface area contributed by atoms with Gasteiger partial charge in [-0.2, -0.15) is 5.10 Å². The Kier molecular flexibility index (Phi) is 5.94. The Morgan fingerprint density at radius 2 is 1.97 bits per heavy atom. The van der Waals surface area contributed by atoms with Gasteiger partial charge in [0.05, 0.1) is 30.7 Å². The molecule has 3 heterocycles. The number of ether oxygens (including phenoxy) is 2. The third kappa shape index (κ3) is 4.41. The summed E-state index contributed by atoms with van der Waals surface area (Å²) in [6.45, 7) is 0. The summed E-state index contributed by atoms with van der Waals surface area (Å²) in [5, 5.41) is 6.22. The van der Waals surface area contributed by atoms with Crippen LogP contribution in [0, 0.1) is 0 Å². The van der Waals surface area contributed by atoms with Crippen LogP contribution in [-0.4, -0.2) is 39.9 Å². The number of primary amides is 1. The molecule has 3 aromatic heterocycles. The summed E-state index contributed by atoms with van der Waals surface area (Å²) in [6.07, 6.45) is 3.81. The Morgan fingerprint density at radius 1 is 1.13 bits per heavy atom. The Morgan fingerprint density at radius 3 is 2.61 bits per heavy atom. The zero-order valence-electron chi connectivity index (χ0n) is 17.1. The Balaban J connectivity index is 1.77. The number of rotatable bonds is 8. The van der Waals surface area contributed by atoms with E-state index >= 15 is 0 Å². The minimum Gasteiger partial charge on any atom is -0.493 e. The molecule has 0 radical (unpaired) electrons. The summed E-state index contributed by atoms with van der Waals surface area (Å²) in [5.74, 6) is 1.16. The zero-order valence-corrected chi connectivity index (χ0v) is 17.9. The van der Waals surface area contributed by atoms with E-state index in [4.69, 9.17) is 15.2 Å². The third-order valence-electron chi connectivity index (χ3n) is 4.80. The average Bonchev–Trinajstić information content (AvgIpc) is 3.51. The van der Waals surface area contributed by atoms with Gasteiger partial charge in [-0.3, -0.25) is 4.79 Å². The van der Waals surface area contributed by atoms with E-state index in [1.165, 1.54) is 11.3 Å². The number of hydrogen-bond donors (Lipinski definition) is 1. The van der Waals surface area contributed by atoms with Crippen LogP contribution >= 0.6 is 11.3 Å². The summed E-state index contributed by atoms with van der Waals surface area (Å²) >= 11 is 1.52. The van der Waals surface area contributed by atoms with Crippen molar-refractivity contribution in [2.24, 2.45) is 5.73 Å². The molecule has 0 spiro atoms. The van der Waals surface area contributed by atoms with E-state index in [-0.39, 0.29) is 0 Å². The monoisotopic (exact) mass is 435 g/mol. The molecule has 31 heavy (non-hydrogen) atoms. The first-order valence-corrected chi connectivity index (χ1v) is 10.4. The number of nitrogens with zero attached hydrogens (tertiary/aromatic N) is 4. The SMILES string of the molecule is COc1ccc(CC(C(N)=O)c2cc(-n3cccn3)nc(-c3cccs3)n2)cc1OC. The number of aromatic nitrogens is 4. The van der Waals surface area contributed by atoms with Crippen LogP contribution in [0.5, 0.6) is 11.5 Å². The van der Waals surface area contributed by atoms with Crippen molar-refractivity contribution >= 4 is 17.2 Å². The number of thiophene rings is 1. The van der Waals surface area contributed by atoms with Crippen LogP contribution in [0.3, 0.4) is 0 Å². The van der Waals surface area contributed by atoms with Gasteiger partial charge in [0.15, 0.2) is 23.1 Å². The molecule has 0 aliphatic rings. The van der Waals surface area contributed by atoms with Gasteiger partial charge in [0.25, 0.3) is 0 Å². The van der Waals surface area contributed by atoms with Crippen LogP contribution in [0.4, 0.5) is 0 Å². The number of amides is 1. The van der Waals surface area contributed by atoms with E-state index in [0.717, 1.165) is 10.4 Å². The lowest BCUT2D eigenvalue weighted by Crippen LogP contribution is -2.25. The second kappa shape index (κ2) is 8.97. The second-order valence-corrected chi connectivity index (χ2v) is 7.70. The average molecular weight is 436 g/mol. The molecule has 4 rings (SSSR count). The zero-order chi connectivity index (χ0) is 21.8. The quantitative estimate of drug-likeness (QED) is 0.456. The van der Waals surface area contributed by atoms with Crippen molar-refractivity contribution in [1.82, 2.24) is 19.7 Å². The van der Waals surface area contributed by atoms with E-state index in [0.29, 0.717) is 35.3 Å². The highest BCUT2D eigenvalue weighted by Gasteiger charge is 2.23. The van der Waals surface area contributed by atoms with E-state index in [1.807, 2.05) is 35.7 Å².